The highest BCUT2D eigenvalue weighted by molar-refractivity contribution is 7.17. The van der Waals surface area contributed by atoms with E-state index in [1.807, 2.05) is 20.8 Å². The maximum Gasteiger partial charge on any atom is 0.336 e. The first-order valence-electron chi connectivity index (χ1n) is 8.15. The molecule has 0 atom stereocenters. The average molecular weight is 372 g/mol. The molecule has 0 fully saturated rings. The molecule has 2 heterocycles. The van der Waals surface area contributed by atoms with Crippen molar-refractivity contribution in [3.63, 3.8) is 0 Å². The van der Waals surface area contributed by atoms with Crippen molar-refractivity contribution >= 4 is 27.3 Å². The number of rotatable bonds is 4. The molecule has 0 saturated heterocycles. The Labute approximate surface area is 154 Å². The molecule has 26 heavy (non-hydrogen) atoms. The number of ketones is 1. The first-order chi connectivity index (χ1) is 12.2. The fraction of sp³-hybridized carbons (Fsp3) is 0.316. The highest BCUT2D eigenvalue weighted by Gasteiger charge is 2.24. The Balaban J connectivity index is 2.30. The van der Waals surface area contributed by atoms with Gasteiger partial charge in [-0.05, 0) is 23.6 Å². The largest absolute Gasteiger partial charge is 0.497 e. The van der Waals surface area contributed by atoms with Crippen molar-refractivity contribution in [1.82, 2.24) is 9.13 Å². The summed E-state index contributed by atoms with van der Waals surface area (Å²) in [6.07, 6.45) is 0. The van der Waals surface area contributed by atoms with Gasteiger partial charge in [0.05, 0.1) is 24.9 Å². The van der Waals surface area contributed by atoms with E-state index in [1.165, 1.54) is 23.0 Å². The number of benzene rings is 1. The number of carbonyl (C=O) groups is 1. The van der Waals surface area contributed by atoms with E-state index >= 15 is 0 Å². The zero-order valence-corrected chi connectivity index (χ0v) is 15.9. The van der Waals surface area contributed by atoms with Gasteiger partial charge in [0.1, 0.15) is 10.4 Å². The van der Waals surface area contributed by atoms with Crippen molar-refractivity contribution < 1.29 is 9.53 Å². The molecule has 7 heteroatoms. The van der Waals surface area contributed by atoms with Gasteiger partial charge in [0.25, 0.3) is 5.56 Å². The minimum atomic E-state index is -0.585. The summed E-state index contributed by atoms with van der Waals surface area (Å²) in [5.74, 6) is 0.459. The summed E-state index contributed by atoms with van der Waals surface area (Å²) in [5, 5.41) is 1.75. The van der Waals surface area contributed by atoms with Crippen molar-refractivity contribution in [2.24, 2.45) is 5.41 Å². The number of methoxy groups -OCH3 is 1. The number of nitrogens with zero attached hydrogens (tertiary/aromatic N) is 2. The number of fused-ring (bicyclic) bond motifs is 1. The maximum absolute atomic E-state index is 13.1. The lowest BCUT2D eigenvalue weighted by molar-refractivity contribution is -0.126. The topological polar surface area (TPSA) is 70.3 Å². The minimum absolute atomic E-state index is 0.0806. The molecular formula is C19H20N2O4S. The zero-order valence-electron chi connectivity index (χ0n) is 15.1. The smallest absolute Gasteiger partial charge is 0.336 e. The number of carbonyl (C=O) groups excluding carboxylic acids is 1. The quantitative estimate of drug-likeness (QED) is 0.706. The van der Waals surface area contributed by atoms with E-state index < -0.39 is 16.7 Å². The summed E-state index contributed by atoms with van der Waals surface area (Å²) >= 11 is 1.25. The Morgan fingerprint density at radius 1 is 1.19 bits per heavy atom. The van der Waals surface area contributed by atoms with Crippen LogP contribution in [-0.4, -0.2) is 22.0 Å². The number of ether oxygens (including phenoxy) is 1. The fourth-order valence-electron chi connectivity index (χ4n) is 2.60. The number of Topliss-reactive ketones (excluding diaryl/α,β-unsaturated/α-hetero) is 1. The lowest BCUT2D eigenvalue weighted by Crippen LogP contribution is -2.41. The molecule has 0 bridgehead atoms. The number of hydrogen-bond acceptors (Lipinski definition) is 5. The summed E-state index contributed by atoms with van der Waals surface area (Å²) in [5.41, 5.74) is -0.619. The van der Waals surface area contributed by atoms with Crippen LogP contribution in [0, 0.1) is 5.41 Å². The van der Waals surface area contributed by atoms with Crippen LogP contribution < -0.4 is 16.0 Å². The van der Waals surface area contributed by atoms with Crippen molar-refractivity contribution in [3.05, 3.63) is 56.5 Å². The molecule has 0 aliphatic rings. The van der Waals surface area contributed by atoms with E-state index in [9.17, 15) is 14.4 Å². The Bertz CT molecular complexity index is 1100. The molecule has 136 valence electrons. The SMILES string of the molecule is COc1cccc(-n2c(=O)c3sccc3n(CC(=O)C(C)(C)C)c2=O)c1. The van der Waals surface area contributed by atoms with Gasteiger partial charge in [-0.15, -0.1) is 11.3 Å². The Morgan fingerprint density at radius 3 is 2.58 bits per heavy atom. The maximum atomic E-state index is 13.1. The molecular weight excluding hydrogens is 352 g/mol. The second-order valence-electron chi connectivity index (χ2n) is 7.02. The van der Waals surface area contributed by atoms with Crippen LogP contribution in [0.3, 0.4) is 0 Å². The molecule has 0 aliphatic heterocycles. The molecule has 0 radical (unpaired) electrons. The number of aromatic nitrogens is 2. The minimum Gasteiger partial charge on any atom is -0.497 e. The summed E-state index contributed by atoms with van der Waals surface area (Å²) in [6, 6.07) is 8.44. The van der Waals surface area contributed by atoms with Crippen LogP contribution in [0.5, 0.6) is 5.75 Å². The molecule has 1 aromatic carbocycles. The van der Waals surface area contributed by atoms with Crippen LogP contribution in [0.4, 0.5) is 0 Å². The van der Waals surface area contributed by atoms with Gasteiger partial charge in [0.2, 0.25) is 0 Å². The van der Waals surface area contributed by atoms with Gasteiger partial charge in [-0.3, -0.25) is 14.2 Å². The lowest BCUT2D eigenvalue weighted by Gasteiger charge is -2.18. The van der Waals surface area contributed by atoms with Gasteiger partial charge >= 0.3 is 5.69 Å². The van der Waals surface area contributed by atoms with Crippen molar-refractivity contribution in [2.45, 2.75) is 27.3 Å². The second-order valence-corrected chi connectivity index (χ2v) is 7.94. The highest BCUT2D eigenvalue weighted by Crippen LogP contribution is 2.20. The summed E-state index contributed by atoms with van der Waals surface area (Å²) in [4.78, 5) is 38.5. The van der Waals surface area contributed by atoms with Crippen molar-refractivity contribution in [1.29, 1.82) is 0 Å². The lowest BCUT2D eigenvalue weighted by atomic mass is 9.91. The first kappa shape index (κ1) is 18.1. The van der Waals surface area contributed by atoms with E-state index in [-0.39, 0.29) is 12.3 Å². The van der Waals surface area contributed by atoms with Crippen LogP contribution in [0.2, 0.25) is 0 Å². The van der Waals surface area contributed by atoms with E-state index in [0.29, 0.717) is 21.7 Å². The van der Waals surface area contributed by atoms with Crippen LogP contribution in [0.25, 0.3) is 15.9 Å². The molecule has 3 aromatic rings. The highest BCUT2D eigenvalue weighted by atomic mass is 32.1. The zero-order chi connectivity index (χ0) is 19.1. The van der Waals surface area contributed by atoms with Gasteiger partial charge in [0.15, 0.2) is 5.78 Å². The van der Waals surface area contributed by atoms with Gasteiger partial charge in [-0.1, -0.05) is 26.8 Å². The molecule has 0 spiro atoms. The van der Waals surface area contributed by atoms with Crippen LogP contribution >= 0.6 is 11.3 Å². The van der Waals surface area contributed by atoms with Crippen molar-refractivity contribution in [3.8, 4) is 11.4 Å². The monoisotopic (exact) mass is 372 g/mol. The number of hydrogen-bond donors (Lipinski definition) is 0. The summed E-state index contributed by atoms with van der Waals surface area (Å²) in [7, 11) is 1.52. The Hall–Kier alpha value is -2.67. The summed E-state index contributed by atoms with van der Waals surface area (Å²) in [6.45, 7) is 5.34. The van der Waals surface area contributed by atoms with E-state index in [4.69, 9.17) is 4.74 Å². The molecule has 0 amide bonds. The second kappa shape index (κ2) is 6.57. The van der Waals surface area contributed by atoms with Gasteiger partial charge in [0, 0.05) is 11.5 Å². The average Bonchev–Trinajstić information content (AvgIpc) is 3.08. The van der Waals surface area contributed by atoms with E-state index in [0.717, 1.165) is 4.57 Å². The van der Waals surface area contributed by atoms with E-state index in [1.54, 1.807) is 35.7 Å². The van der Waals surface area contributed by atoms with Gasteiger partial charge in [-0.2, -0.15) is 0 Å². The molecule has 2 aromatic heterocycles. The Kier molecular flexibility index (Phi) is 4.58. The van der Waals surface area contributed by atoms with Crippen LogP contribution in [-0.2, 0) is 11.3 Å². The molecule has 0 saturated carbocycles. The fourth-order valence-corrected chi connectivity index (χ4v) is 3.42. The number of thiophene rings is 1. The summed E-state index contributed by atoms with van der Waals surface area (Å²) < 4.78 is 8.10. The standard InChI is InChI=1S/C19H20N2O4S/c1-19(2,3)15(22)11-20-14-8-9-26-16(14)17(23)21(18(20)24)12-6-5-7-13(10-12)25-4/h5-10H,11H2,1-4H3. The van der Waals surface area contributed by atoms with Gasteiger partial charge in [-0.25, -0.2) is 9.36 Å². The third kappa shape index (κ3) is 3.10. The molecule has 6 nitrogen and oxygen atoms in total. The molecule has 3 rings (SSSR count). The molecule has 0 aliphatic carbocycles. The molecule has 0 N–H and O–H groups in total. The third-order valence-electron chi connectivity index (χ3n) is 4.20. The predicted molar refractivity (Wildman–Crippen MR) is 103 cm³/mol. The third-order valence-corrected chi connectivity index (χ3v) is 5.10. The molecule has 0 unspecified atom stereocenters. The van der Waals surface area contributed by atoms with Crippen molar-refractivity contribution in [2.75, 3.05) is 7.11 Å². The normalized spacial score (nSPS) is 11.7. The first-order valence-corrected chi connectivity index (χ1v) is 9.03. The van der Waals surface area contributed by atoms with Gasteiger partial charge < -0.3 is 4.74 Å². The van der Waals surface area contributed by atoms with E-state index in [2.05, 4.69) is 0 Å². The van der Waals surface area contributed by atoms with Crippen LogP contribution in [0.1, 0.15) is 20.8 Å². The predicted octanol–water partition coefficient (Wildman–Crippen LogP) is 2.84. The Morgan fingerprint density at radius 2 is 1.92 bits per heavy atom. The van der Waals surface area contributed by atoms with Crippen LogP contribution in [0.15, 0.2) is 45.3 Å².